The molecule has 20 heavy (non-hydrogen) atoms. The summed E-state index contributed by atoms with van der Waals surface area (Å²) in [5.41, 5.74) is 1.36. The summed E-state index contributed by atoms with van der Waals surface area (Å²) in [4.78, 5) is 0. The van der Waals surface area contributed by atoms with E-state index in [1.807, 2.05) is 18.2 Å². The van der Waals surface area contributed by atoms with Gasteiger partial charge < -0.3 is 14.5 Å². The zero-order chi connectivity index (χ0) is 14.0. The van der Waals surface area contributed by atoms with Gasteiger partial charge in [-0.15, -0.1) is 0 Å². The highest BCUT2D eigenvalue weighted by Gasteiger charge is 2.01. The van der Waals surface area contributed by atoms with Gasteiger partial charge in [-0.1, -0.05) is 37.3 Å². The minimum Gasteiger partial charge on any atom is -0.462 e. The first kappa shape index (κ1) is 14.8. The van der Waals surface area contributed by atoms with Crippen LogP contribution in [-0.2, 0) is 24.3 Å². The van der Waals surface area contributed by atoms with Gasteiger partial charge in [-0.25, -0.2) is 0 Å². The summed E-state index contributed by atoms with van der Waals surface area (Å²) in [5.74, 6) is 1.87. The van der Waals surface area contributed by atoms with E-state index in [9.17, 15) is 0 Å². The van der Waals surface area contributed by atoms with Crippen molar-refractivity contribution < 1.29 is 9.15 Å². The van der Waals surface area contributed by atoms with Crippen LogP contribution in [0, 0.1) is 0 Å². The van der Waals surface area contributed by atoms with Gasteiger partial charge in [0.25, 0.3) is 0 Å². The fraction of sp³-hybridized carbons (Fsp3) is 0.412. The second-order valence-corrected chi connectivity index (χ2v) is 4.79. The molecule has 0 aliphatic heterocycles. The van der Waals surface area contributed by atoms with E-state index in [-0.39, 0.29) is 0 Å². The molecular weight excluding hydrogens is 250 g/mol. The molecule has 0 aliphatic rings. The molecule has 0 unspecified atom stereocenters. The van der Waals surface area contributed by atoms with E-state index < -0.39 is 0 Å². The number of rotatable bonds is 9. The molecular formula is C17H23NO2. The molecule has 0 saturated carbocycles. The van der Waals surface area contributed by atoms with Crippen LogP contribution < -0.4 is 5.32 Å². The van der Waals surface area contributed by atoms with Crippen LogP contribution in [0.25, 0.3) is 0 Å². The Morgan fingerprint density at radius 2 is 1.85 bits per heavy atom. The van der Waals surface area contributed by atoms with Gasteiger partial charge >= 0.3 is 0 Å². The molecule has 0 atom stereocenters. The highest BCUT2D eigenvalue weighted by Crippen LogP contribution is 2.09. The topological polar surface area (TPSA) is 34.4 Å². The molecule has 1 aromatic carbocycles. The van der Waals surface area contributed by atoms with Crippen molar-refractivity contribution in [1.82, 2.24) is 5.32 Å². The minimum absolute atomic E-state index is 0.556. The Balaban J connectivity index is 1.60. The Kier molecular flexibility index (Phi) is 6.35. The second kappa shape index (κ2) is 8.56. The smallest absolute Gasteiger partial charge is 0.129 e. The summed E-state index contributed by atoms with van der Waals surface area (Å²) in [5, 5.41) is 3.24. The minimum atomic E-state index is 0.556. The van der Waals surface area contributed by atoms with Crippen LogP contribution >= 0.6 is 0 Å². The van der Waals surface area contributed by atoms with Crippen molar-refractivity contribution in [3.8, 4) is 0 Å². The van der Waals surface area contributed by atoms with E-state index in [4.69, 9.17) is 9.15 Å². The van der Waals surface area contributed by atoms with E-state index in [2.05, 4.69) is 36.5 Å². The van der Waals surface area contributed by atoms with Crippen molar-refractivity contribution >= 4 is 0 Å². The lowest BCUT2D eigenvalue weighted by Gasteiger charge is -2.03. The van der Waals surface area contributed by atoms with Crippen LogP contribution in [0.5, 0.6) is 0 Å². The standard InChI is InChI=1S/C17H23NO2/c1-2-18-13-16-10-11-17(20-16)14-19-12-6-9-15-7-4-3-5-8-15/h3-5,7-8,10-11,18H,2,6,9,12-14H2,1H3. The molecule has 1 N–H and O–H groups in total. The third-order valence-electron chi connectivity index (χ3n) is 3.11. The molecule has 1 heterocycles. The van der Waals surface area contributed by atoms with Crippen LogP contribution in [-0.4, -0.2) is 13.2 Å². The van der Waals surface area contributed by atoms with E-state index in [1.165, 1.54) is 5.56 Å². The number of hydrogen-bond acceptors (Lipinski definition) is 3. The molecule has 3 heteroatoms. The fourth-order valence-corrected chi connectivity index (χ4v) is 2.04. The van der Waals surface area contributed by atoms with Gasteiger partial charge in [0.2, 0.25) is 0 Å². The number of furan rings is 1. The molecule has 0 aliphatic carbocycles. The van der Waals surface area contributed by atoms with Crippen molar-refractivity contribution in [2.45, 2.75) is 32.9 Å². The van der Waals surface area contributed by atoms with Crippen molar-refractivity contribution in [3.63, 3.8) is 0 Å². The zero-order valence-electron chi connectivity index (χ0n) is 12.1. The first-order valence-corrected chi connectivity index (χ1v) is 7.28. The zero-order valence-corrected chi connectivity index (χ0v) is 12.1. The van der Waals surface area contributed by atoms with Gasteiger partial charge in [-0.3, -0.25) is 0 Å². The molecule has 2 rings (SSSR count). The quantitative estimate of drug-likeness (QED) is 0.710. The summed E-state index contributed by atoms with van der Waals surface area (Å²) >= 11 is 0. The van der Waals surface area contributed by atoms with Crippen molar-refractivity contribution in [3.05, 3.63) is 59.5 Å². The Bertz CT molecular complexity index is 479. The molecule has 0 fully saturated rings. The number of aryl methyl sites for hydroxylation is 1. The predicted molar refractivity (Wildman–Crippen MR) is 80.5 cm³/mol. The van der Waals surface area contributed by atoms with Crippen LogP contribution in [0.3, 0.4) is 0 Å². The van der Waals surface area contributed by atoms with Crippen molar-refractivity contribution in [1.29, 1.82) is 0 Å². The summed E-state index contributed by atoms with van der Waals surface area (Å²) < 4.78 is 11.3. The molecule has 1 aromatic heterocycles. The molecule has 3 nitrogen and oxygen atoms in total. The first-order valence-electron chi connectivity index (χ1n) is 7.28. The second-order valence-electron chi connectivity index (χ2n) is 4.79. The predicted octanol–water partition coefficient (Wildman–Crippen LogP) is 3.54. The number of nitrogens with one attached hydrogen (secondary N) is 1. The maximum Gasteiger partial charge on any atom is 0.129 e. The van der Waals surface area contributed by atoms with E-state index in [0.717, 1.165) is 44.1 Å². The average molecular weight is 273 g/mol. The van der Waals surface area contributed by atoms with Crippen molar-refractivity contribution in [2.75, 3.05) is 13.2 Å². The van der Waals surface area contributed by atoms with Crippen LogP contribution in [0.4, 0.5) is 0 Å². The Morgan fingerprint density at radius 1 is 1.05 bits per heavy atom. The van der Waals surface area contributed by atoms with Gasteiger partial charge in [0, 0.05) is 6.61 Å². The molecule has 2 aromatic rings. The number of hydrogen-bond donors (Lipinski definition) is 1. The van der Waals surface area contributed by atoms with Gasteiger partial charge in [-0.2, -0.15) is 0 Å². The normalized spacial score (nSPS) is 10.8. The summed E-state index contributed by atoms with van der Waals surface area (Å²) in [7, 11) is 0. The molecule has 0 amide bonds. The summed E-state index contributed by atoms with van der Waals surface area (Å²) in [6.45, 7) is 5.13. The monoisotopic (exact) mass is 273 g/mol. The number of benzene rings is 1. The van der Waals surface area contributed by atoms with Gasteiger partial charge in [0.15, 0.2) is 0 Å². The maximum absolute atomic E-state index is 5.66. The molecule has 0 radical (unpaired) electrons. The highest BCUT2D eigenvalue weighted by atomic mass is 16.5. The highest BCUT2D eigenvalue weighted by molar-refractivity contribution is 5.14. The SMILES string of the molecule is CCNCc1ccc(COCCCc2ccccc2)o1. The van der Waals surface area contributed by atoms with E-state index in [1.54, 1.807) is 0 Å². The van der Waals surface area contributed by atoms with Crippen LogP contribution in [0.15, 0.2) is 46.9 Å². The Labute approximate surface area is 121 Å². The first-order chi connectivity index (χ1) is 9.88. The molecule has 0 saturated heterocycles. The lowest BCUT2D eigenvalue weighted by molar-refractivity contribution is 0.103. The fourth-order valence-electron chi connectivity index (χ4n) is 2.04. The summed E-state index contributed by atoms with van der Waals surface area (Å²) in [6, 6.07) is 14.5. The van der Waals surface area contributed by atoms with E-state index in [0.29, 0.717) is 6.61 Å². The molecule has 0 bridgehead atoms. The maximum atomic E-state index is 5.66. The lowest BCUT2D eigenvalue weighted by atomic mass is 10.1. The van der Waals surface area contributed by atoms with Gasteiger partial charge in [0.05, 0.1) is 6.54 Å². The number of ether oxygens (including phenoxy) is 1. The molecule has 0 spiro atoms. The van der Waals surface area contributed by atoms with Gasteiger partial charge in [-0.05, 0) is 37.1 Å². The summed E-state index contributed by atoms with van der Waals surface area (Å²) in [6.07, 6.45) is 2.10. The third kappa shape index (κ3) is 5.19. The average Bonchev–Trinajstić information content (AvgIpc) is 2.94. The lowest BCUT2D eigenvalue weighted by Crippen LogP contribution is -2.10. The van der Waals surface area contributed by atoms with E-state index >= 15 is 0 Å². The largest absolute Gasteiger partial charge is 0.462 e. The molecule has 108 valence electrons. The van der Waals surface area contributed by atoms with Crippen LogP contribution in [0.1, 0.15) is 30.4 Å². The Morgan fingerprint density at radius 3 is 2.65 bits per heavy atom. The van der Waals surface area contributed by atoms with Crippen molar-refractivity contribution in [2.24, 2.45) is 0 Å². The van der Waals surface area contributed by atoms with Gasteiger partial charge in [0.1, 0.15) is 18.1 Å². The third-order valence-corrected chi connectivity index (χ3v) is 3.11. The van der Waals surface area contributed by atoms with Crippen LogP contribution in [0.2, 0.25) is 0 Å². The Hall–Kier alpha value is -1.58.